The average molecular weight is 261 g/mol. The third-order valence-electron chi connectivity index (χ3n) is 1.66. The van der Waals surface area contributed by atoms with Gasteiger partial charge in [-0.25, -0.2) is 0 Å². The Bertz CT molecular complexity index is 243. The minimum atomic E-state index is -1.25. The van der Waals surface area contributed by atoms with Gasteiger partial charge in [0.05, 0.1) is 13.2 Å². The summed E-state index contributed by atoms with van der Waals surface area (Å²) in [5.74, 6) is -2.36. The van der Waals surface area contributed by atoms with Crippen LogP contribution in [0.3, 0.4) is 0 Å². The molecule has 9 heteroatoms. The maximum Gasteiger partial charge on any atom is 1.00 e. The maximum absolute atomic E-state index is 10.6. The summed E-state index contributed by atoms with van der Waals surface area (Å²) in [6.07, 6.45) is -1.56. The van der Waals surface area contributed by atoms with Crippen LogP contribution in [0, 0.1) is 0 Å². The largest absolute Gasteiger partial charge is 1.00 e. The predicted octanol–water partition coefficient (Wildman–Crippen LogP) is -4.70. The molecular formula is C8H16NNaO7. The van der Waals surface area contributed by atoms with Gasteiger partial charge in [0.25, 0.3) is 0 Å². The Hall–Kier alpha value is -0.220. The summed E-state index contributed by atoms with van der Waals surface area (Å²) in [5, 5.41) is 34.3. The van der Waals surface area contributed by atoms with E-state index in [0.29, 0.717) is 0 Å². The Balaban J connectivity index is -0.00000112. The molecule has 1 unspecified atom stereocenters. The van der Waals surface area contributed by atoms with Crippen LogP contribution in [0.15, 0.2) is 0 Å². The smallest absolute Gasteiger partial charge is 1.00 e. The predicted molar refractivity (Wildman–Crippen MR) is 51.6 cm³/mol. The molecule has 0 saturated carbocycles. The molecule has 0 saturated heterocycles. The molecule has 5 N–H and O–H groups in total. The van der Waals surface area contributed by atoms with Crippen molar-refractivity contribution in [1.82, 2.24) is 5.48 Å². The number of hydrogen-bond acceptors (Lipinski definition) is 6. The first-order valence-electron chi connectivity index (χ1n) is 4.58. The Kier molecular flexibility index (Phi) is 12.3. The van der Waals surface area contributed by atoms with Crippen LogP contribution in [0.5, 0.6) is 0 Å². The summed E-state index contributed by atoms with van der Waals surface area (Å²) in [4.78, 5) is 25.4. The van der Waals surface area contributed by atoms with Gasteiger partial charge in [-0.15, -0.1) is 0 Å². The van der Waals surface area contributed by atoms with Crippen molar-refractivity contribution in [2.75, 3.05) is 13.2 Å². The molecule has 0 heterocycles. The molecular weight excluding hydrogens is 245 g/mol. The summed E-state index contributed by atoms with van der Waals surface area (Å²) >= 11 is 0. The molecule has 96 valence electrons. The van der Waals surface area contributed by atoms with Crippen molar-refractivity contribution in [2.24, 2.45) is 0 Å². The minimum Gasteiger partial charge on any atom is -1.00 e. The standard InChI is InChI=1S/C8H15NO7.Na.H/c10-3-5(11)4-16-9-6(8(14)15)1-2-7(12)13;;/h5-6,9-11H,1-4H2,(H,12,13)(H,14,15);;/q;+1;-1/t5?,6-;;/m0../s1. The summed E-state index contributed by atoms with van der Waals surface area (Å²) < 4.78 is 0. The monoisotopic (exact) mass is 261 g/mol. The molecule has 0 radical (unpaired) electrons. The van der Waals surface area contributed by atoms with E-state index < -0.39 is 30.7 Å². The van der Waals surface area contributed by atoms with Gasteiger partial charge in [0.1, 0.15) is 12.1 Å². The second kappa shape index (κ2) is 10.9. The van der Waals surface area contributed by atoms with Gasteiger partial charge < -0.3 is 21.9 Å². The summed E-state index contributed by atoms with van der Waals surface area (Å²) in [7, 11) is 0. The first kappa shape index (κ1) is 19.1. The van der Waals surface area contributed by atoms with Crippen LogP contribution < -0.4 is 35.0 Å². The van der Waals surface area contributed by atoms with E-state index in [-0.39, 0.29) is 50.4 Å². The molecule has 0 aliphatic heterocycles. The van der Waals surface area contributed by atoms with Gasteiger partial charge in [-0.05, 0) is 6.42 Å². The zero-order valence-corrected chi connectivity index (χ0v) is 11.5. The van der Waals surface area contributed by atoms with Gasteiger partial charge in [0, 0.05) is 6.42 Å². The fourth-order valence-corrected chi connectivity index (χ4v) is 0.798. The third-order valence-corrected chi connectivity index (χ3v) is 1.66. The van der Waals surface area contributed by atoms with Crippen LogP contribution >= 0.6 is 0 Å². The van der Waals surface area contributed by atoms with Crippen molar-refractivity contribution in [3.8, 4) is 0 Å². The zero-order valence-electron chi connectivity index (χ0n) is 10.5. The maximum atomic E-state index is 10.6. The molecule has 0 aliphatic carbocycles. The number of carboxylic acids is 2. The number of aliphatic carboxylic acids is 2. The zero-order chi connectivity index (χ0) is 12.6. The summed E-state index contributed by atoms with van der Waals surface area (Å²) in [6.45, 7) is -0.790. The van der Waals surface area contributed by atoms with Crippen molar-refractivity contribution >= 4 is 11.9 Å². The molecule has 0 aromatic carbocycles. The van der Waals surface area contributed by atoms with Crippen molar-refractivity contribution < 1.29 is 65.8 Å². The van der Waals surface area contributed by atoms with E-state index in [2.05, 4.69) is 10.3 Å². The van der Waals surface area contributed by atoms with Crippen molar-refractivity contribution in [1.29, 1.82) is 0 Å². The van der Waals surface area contributed by atoms with Gasteiger partial charge in [-0.3, -0.25) is 14.4 Å². The fraction of sp³-hybridized carbons (Fsp3) is 0.750. The van der Waals surface area contributed by atoms with Gasteiger partial charge in [0.2, 0.25) is 0 Å². The first-order chi connectivity index (χ1) is 7.47. The van der Waals surface area contributed by atoms with Gasteiger partial charge in [-0.2, -0.15) is 5.48 Å². The van der Waals surface area contributed by atoms with E-state index in [0.717, 1.165) is 0 Å². The Morgan fingerprint density at radius 2 is 1.94 bits per heavy atom. The number of nitrogens with one attached hydrogen (secondary N) is 1. The Morgan fingerprint density at radius 3 is 2.35 bits per heavy atom. The number of aliphatic hydroxyl groups is 2. The van der Waals surface area contributed by atoms with Gasteiger partial charge in [-0.1, -0.05) is 0 Å². The van der Waals surface area contributed by atoms with Crippen molar-refractivity contribution in [2.45, 2.75) is 25.0 Å². The van der Waals surface area contributed by atoms with E-state index in [4.69, 9.17) is 20.4 Å². The second-order valence-corrected chi connectivity index (χ2v) is 3.09. The number of carbonyl (C=O) groups is 2. The van der Waals surface area contributed by atoms with Crippen LogP contribution in [-0.2, 0) is 14.4 Å². The molecule has 0 aromatic heterocycles. The molecule has 8 nitrogen and oxygen atoms in total. The molecule has 17 heavy (non-hydrogen) atoms. The molecule has 0 amide bonds. The van der Waals surface area contributed by atoms with E-state index in [1.54, 1.807) is 0 Å². The molecule has 0 spiro atoms. The molecule has 0 bridgehead atoms. The number of rotatable bonds is 9. The Morgan fingerprint density at radius 1 is 1.35 bits per heavy atom. The van der Waals surface area contributed by atoms with E-state index in [1.807, 2.05) is 0 Å². The minimum absolute atomic E-state index is 0. The fourth-order valence-electron chi connectivity index (χ4n) is 0.798. The van der Waals surface area contributed by atoms with Crippen LogP contribution in [0.25, 0.3) is 0 Å². The first-order valence-corrected chi connectivity index (χ1v) is 4.58. The van der Waals surface area contributed by atoms with Crippen molar-refractivity contribution in [3.63, 3.8) is 0 Å². The van der Waals surface area contributed by atoms with E-state index in [9.17, 15) is 9.59 Å². The number of hydrogen-bond donors (Lipinski definition) is 5. The topological polar surface area (TPSA) is 136 Å². The normalized spacial score (nSPS) is 13.5. The molecule has 2 atom stereocenters. The van der Waals surface area contributed by atoms with Crippen molar-refractivity contribution in [3.05, 3.63) is 0 Å². The second-order valence-electron chi connectivity index (χ2n) is 3.09. The molecule has 0 rings (SSSR count). The molecule has 0 fully saturated rings. The summed E-state index contributed by atoms with van der Waals surface area (Å²) in [6, 6.07) is -1.16. The van der Waals surface area contributed by atoms with Crippen LogP contribution in [0.1, 0.15) is 14.3 Å². The van der Waals surface area contributed by atoms with E-state index in [1.165, 1.54) is 0 Å². The summed E-state index contributed by atoms with van der Waals surface area (Å²) in [5.41, 5.74) is 2.11. The van der Waals surface area contributed by atoms with E-state index >= 15 is 0 Å². The quantitative estimate of drug-likeness (QED) is 0.206. The SMILES string of the molecule is O=C(O)CC[C@H](NOCC(O)CO)C(=O)O.[H-].[Na+]. The Labute approximate surface area is 121 Å². The number of hydroxylamine groups is 1. The molecule has 0 aliphatic rings. The van der Waals surface area contributed by atoms with Crippen LogP contribution in [0.2, 0.25) is 0 Å². The van der Waals surface area contributed by atoms with Crippen LogP contribution in [-0.4, -0.2) is 57.7 Å². The average Bonchev–Trinajstić information content (AvgIpc) is 2.21. The van der Waals surface area contributed by atoms with Crippen LogP contribution in [0.4, 0.5) is 0 Å². The number of aliphatic hydroxyl groups excluding tert-OH is 2. The van der Waals surface area contributed by atoms with Gasteiger partial charge >= 0.3 is 41.5 Å². The van der Waals surface area contributed by atoms with Gasteiger partial charge in [0.15, 0.2) is 0 Å². The third kappa shape index (κ3) is 10.6. The number of carboxylic acid groups (broad SMARTS) is 2. The molecule has 0 aromatic rings.